The number of hydrogen-bond acceptors (Lipinski definition) is 5. The molecule has 0 aliphatic heterocycles. The predicted molar refractivity (Wildman–Crippen MR) is 138 cm³/mol. The van der Waals surface area contributed by atoms with E-state index in [2.05, 4.69) is 27.4 Å². The molecule has 0 saturated carbocycles. The highest BCUT2D eigenvalue weighted by Gasteiger charge is 2.21. The molecule has 0 bridgehead atoms. The molecule has 0 unspecified atom stereocenters. The average Bonchev–Trinajstić information content (AvgIpc) is 3.18. The Hall–Kier alpha value is -2.23. The van der Waals surface area contributed by atoms with Gasteiger partial charge in [0.2, 0.25) is 5.91 Å². The summed E-state index contributed by atoms with van der Waals surface area (Å²) in [5, 5.41) is 15.6. The molecule has 3 rings (SSSR count). The number of benzene rings is 2. The maximum absolute atomic E-state index is 12.6. The lowest BCUT2D eigenvalue weighted by atomic mass is 10.2. The molecular weight excluding hydrogens is 540 g/mol. The van der Waals surface area contributed by atoms with Crippen molar-refractivity contribution in [2.24, 2.45) is 0 Å². The summed E-state index contributed by atoms with van der Waals surface area (Å²) in [6, 6.07) is 9.26. The minimum absolute atomic E-state index is 0.0188. The van der Waals surface area contributed by atoms with Gasteiger partial charge in [0.15, 0.2) is 11.0 Å². The third kappa shape index (κ3) is 6.46. The molecular formula is C22H19Cl4N5O2S. The summed E-state index contributed by atoms with van der Waals surface area (Å²) in [7, 11) is 0. The first-order chi connectivity index (χ1) is 16.2. The normalized spacial score (nSPS) is 11.7. The lowest BCUT2D eigenvalue weighted by Gasteiger charge is -2.16. The Labute approximate surface area is 220 Å². The second-order valence-corrected chi connectivity index (χ2v) is 9.60. The molecule has 0 radical (unpaired) electrons. The van der Waals surface area contributed by atoms with Crippen molar-refractivity contribution in [1.82, 2.24) is 20.1 Å². The number of thioether (sulfide) groups is 1. The number of allylic oxidation sites excluding steroid dienone is 1. The zero-order chi connectivity index (χ0) is 24.8. The van der Waals surface area contributed by atoms with Gasteiger partial charge in [0, 0.05) is 11.6 Å². The number of carbonyl (C=O) groups is 2. The van der Waals surface area contributed by atoms with E-state index in [1.165, 1.54) is 23.9 Å². The number of hydrogen-bond donors (Lipinski definition) is 2. The van der Waals surface area contributed by atoms with E-state index >= 15 is 0 Å². The fourth-order valence-corrected chi connectivity index (χ4v) is 4.87. The van der Waals surface area contributed by atoms with Crippen LogP contribution in [-0.4, -0.2) is 32.3 Å². The van der Waals surface area contributed by atoms with Gasteiger partial charge in [-0.3, -0.25) is 9.59 Å². The summed E-state index contributed by atoms with van der Waals surface area (Å²) >= 11 is 25.4. The molecule has 0 aliphatic rings. The summed E-state index contributed by atoms with van der Waals surface area (Å²) in [6.45, 7) is 5.93. The van der Waals surface area contributed by atoms with Crippen molar-refractivity contribution < 1.29 is 9.59 Å². The first-order valence-corrected chi connectivity index (χ1v) is 12.4. The molecule has 2 N–H and O–H groups in total. The largest absolute Gasteiger partial charge is 0.342 e. The van der Waals surface area contributed by atoms with Crippen LogP contribution in [0.2, 0.25) is 20.1 Å². The van der Waals surface area contributed by atoms with Gasteiger partial charge in [0.05, 0.1) is 38.1 Å². The Morgan fingerprint density at radius 1 is 1.12 bits per heavy atom. The standard InChI is InChI=1S/C22H19Cl4N5O2S/c1-3-8-31-20(12(2)27-21(33)14-6-4-5-7-15(14)24)29-30-22(31)34-11-18(32)28-19-16(25)9-13(23)10-17(19)26/h3-7,9-10,12H,1,8,11H2,2H3,(H,27,33)(H,28,32)/t12-/m1/s1. The third-order valence-corrected chi connectivity index (χ3v) is 6.62. The van der Waals surface area contributed by atoms with Crippen LogP contribution >= 0.6 is 58.2 Å². The van der Waals surface area contributed by atoms with Crippen LogP contribution in [0.3, 0.4) is 0 Å². The Morgan fingerprint density at radius 2 is 1.79 bits per heavy atom. The summed E-state index contributed by atoms with van der Waals surface area (Å²) in [4.78, 5) is 25.1. The predicted octanol–water partition coefficient (Wildman–Crippen LogP) is 6.30. The van der Waals surface area contributed by atoms with Gasteiger partial charge >= 0.3 is 0 Å². The Morgan fingerprint density at radius 3 is 2.44 bits per heavy atom. The molecule has 1 heterocycles. The molecule has 34 heavy (non-hydrogen) atoms. The molecule has 0 aliphatic carbocycles. The van der Waals surface area contributed by atoms with Crippen LogP contribution in [0.1, 0.15) is 29.1 Å². The second kappa shape index (κ2) is 12.0. The van der Waals surface area contributed by atoms with Crippen molar-refractivity contribution in [3.8, 4) is 0 Å². The Bertz CT molecular complexity index is 1210. The van der Waals surface area contributed by atoms with Crippen molar-refractivity contribution in [3.63, 3.8) is 0 Å². The van der Waals surface area contributed by atoms with Crippen LogP contribution in [0.5, 0.6) is 0 Å². The third-order valence-electron chi connectivity index (χ3n) is 4.51. The lowest BCUT2D eigenvalue weighted by molar-refractivity contribution is -0.113. The van der Waals surface area contributed by atoms with Crippen LogP contribution in [-0.2, 0) is 11.3 Å². The van der Waals surface area contributed by atoms with Crippen LogP contribution in [0.15, 0.2) is 54.2 Å². The molecule has 0 spiro atoms. The molecule has 2 aromatic carbocycles. The maximum atomic E-state index is 12.6. The topological polar surface area (TPSA) is 88.9 Å². The fraction of sp³-hybridized carbons (Fsp3) is 0.182. The molecule has 1 aromatic heterocycles. The SMILES string of the molecule is C=CCn1c(SCC(=O)Nc2c(Cl)cc(Cl)cc2Cl)nnc1[C@@H](C)NC(=O)c1ccccc1Cl. The maximum Gasteiger partial charge on any atom is 0.253 e. The van der Waals surface area contributed by atoms with E-state index in [9.17, 15) is 9.59 Å². The molecule has 0 fully saturated rings. The smallest absolute Gasteiger partial charge is 0.253 e. The number of nitrogens with one attached hydrogen (secondary N) is 2. The Kier molecular flexibility index (Phi) is 9.27. The van der Waals surface area contributed by atoms with Crippen LogP contribution in [0.25, 0.3) is 0 Å². The van der Waals surface area contributed by atoms with Crippen molar-refractivity contribution in [2.75, 3.05) is 11.1 Å². The summed E-state index contributed by atoms with van der Waals surface area (Å²) < 4.78 is 1.77. The zero-order valence-corrected chi connectivity index (χ0v) is 21.7. The molecule has 0 saturated heterocycles. The summed E-state index contributed by atoms with van der Waals surface area (Å²) in [5.74, 6) is -0.153. The molecule has 3 aromatic rings. The molecule has 178 valence electrons. The summed E-state index contributed by atoms with van der Waals surface area (Å²) in [5.41, 5.74) is 0.638. The second-order valence-electron chi connectivity index (χ2n) is 7.00. The van der Waals surface area contributed by atoms with E-state index in [-0.39, 0.29) is 33.3 Å². The van der Waals surface area contributed by atoms with Gasteiger partial charge in [-0.25, -0.2) is 0 Å². The lowest BCUT2D eigenvalue weighted by Crippen LogP contribution is -2.29. The molecule has 1 atom stereocenters. The quantitative estimate of drug-likeness (QED) is 0.237. The van der Waals surface area contributed by atoms with E-state index in [1.807, 2.05) is 0 Å². The van der Waals surface area contributed by atoms with Crippen molar-refractivity contribution in [1.29, 1.82) is 0 Å². The molecule has 12 heteroatoms. The molecule has 7 nitrogen and oxygen atoms in total. The minimum atomic E-state index is -0.480. The number of carbonyl (C=O) groups excluding carboxylic acids is 2. The van der Waals surface area contributed by atoms with Crippen LogP contribution < -0.4 is 10.6 Å². The minimum Gasteiger partial charge on any atom is -0.342 e. The monoisotopic (exact) mass is 557 g/mol. The van der Waals surface area contributed by atoms with Gasteiger partial charge in [0.25, 0.3) is 5.91 Å². The zero-order valence-electron chi connectivity index (χ0n) is 17.8. The van der Waals surface area contributed by atoms with Gasteiger partial charge in [-0.05, 0) is 31.2 Å². The Balaban J connectivity index is 1.70. The highest BCUT2D eigenvalue weighted by molar-refractivity contribution is 7.99. The first-order valence-electron chi connectivity index (χ1n) is 9.87. The van der Waals surface area contributed by atoms with Gasteiger partial charge in [-0.1, -0.05) is 76.4 Å². The van der Waals surface area contributed by atoms with Crippen molar-refractivity contribution in [3.05, 3.63) is 80.5 Å². The van der Waals surface area contributed by atoms with Gasteiger partial charge < -0.3 is 15.2 Å². The van der Waals surface area contributed by atoms with E-state index in [0.717, 1.165) is 0 Å². The highest BCUT2D eigenvalue weighted by Crippen LogP contribution is 2.34. The number of nitrogens with zero attached hydrogens (tertiary/aromatic N) is 3. The summed E-state index contributed by atoms with van der Waals surface area (Å²) in [6.07, 6.45) is 1.67. The average molecular weight is 559 g/mol. The number of rotatable bonds is 9. The number of halogens is 4. The van der Waals surface area contributed by atoms with E-state index in [1.54, 1.807) is 41.8 Å². The fourth-order valence-electron chi connectivity index (χ4n) is 2.98. The highest BCUT2D eigenvalue weighted by atomic mass is 35.5. The van der Waals surface area contributed by atoms with Gasteiger partial charge in [-0.2, -0.15) is 0 Å². The molecule has 2 amide bonds. The number of amides is 2. The van der Waals surface area contributed by atoms with Crippen molar-refractivity contribution in [2.45, 2.75) is 24.7 Å². The van der Waals surface area contributed by atoms with E-state index in [4.69, 9.17) is 46.4 Å². The number of aromatic nitrogens is 3. The van der Waals surface area contributed by atoms with Crippen molar-refractivity contribution >= 4 is 75.7 Å². The van der Waals surface area contributed by atoms with E-state index < -0.39 is 6.04 Å². The van der Waals surface area contributed by atoms with Crippen LogP contribution in [0.4, 0.5) is 5.69 Å². The van der Waals surface area contributed by atoms with Crippen LogP contribution in [0, 0.1) is 0 Å². The van der Waals surface area contributed by atoms with Gasteiger partial charge in [-0.15, -0.1) is 16.8 Å². The first kappa shape index (κ1) is 26.4. The van der Waals surface area contributed by atoms with Gasteiger partial charge in [0.1, 0.15) is 0 Å². The van der Waals surface area contributed by atoms with E-state index in [0.29, 0.717) is 33.1 Å². The number of anilines is 1.